The molecule has 1 aromatic carbocycles. The quantitative estimate of drug-likeness (QED) is 0.388. The highest BCUT2D eigenvalue weighted by Crippen LogP contribution is 2.25. The summed E-state index contributed by atoms with van der Waals surface area (Å²) < 4.78 is 1.97. The van der Waals surface area contributed by atoms with Crippen LogP contribution in [-0.2, 0) is 13.1 Å². The number of halogens is 3. The third kappa shape index (κ3) is 5.49. The maximum atomic E-state index is 6.24. The first-order chi connectivity index (χ1) is 11.0. The number of guanidine groups is 1. The van der Waals surface area contributed by atoms with Crippen LogP contribution in [0.3, 0.4) is 0 Å². The van der Waals surface area contributed by atoms with Gasteiger partial charge < -0.3 is 15.2 Å². The van der Waals surface area contributed by atoms with Crippen molar-refractivity contribution in [3.63, 3.8) is 0 Å². The minimum absolute atomic E-state index is 0. The fourth-order valence-corrected chi connectivity index (χ4v) is 2.75. The van der Waals surface area contributed by atoms with Crippen molar-refractivity contribution in [3.8, 4) is 0 Å². The number of nitrogens with one attached hydrogen (secondary N) is 2. The summed E-state index contributed by atoms with van der Waals surface area (Å²) in [6.45, 7) is 5.42. The number of hydrogen-bond donors (Lipinski definition) is 2. The van der Waals surface area contributed by atoms with E-state index in [1.807, 2.05) is 30.5 Å². The number of aliphatic imine (C=N–C) groups is 1. The number of rotatable bonds is 5. The Balaban J connectivity index is 0.00000288. The Bertz CT molecular complexity index is 688. The largest absolute Gasteiger partial charge is 0.350 e. The van der Waals surface area contributed by atoms with Crippen molar-refractivity contribution in [1.82, 2.24) is 25.4 Å². The summed E-state index contributed by atoms with van der Waals surface area (Å²) in [7, 11) is 1.72. The second-order valence-electron chi connectivity index (χ2n) is 4.99. The average molecular weight is 483 g/mol. The fraction of sp³-hybridized carbons (Fsp3) is 0.400. The van der Waals surface area contributed by atoms with Crippen LogP contribution in [0, 0.1) is 0 Å². The lowest BCUT2D eigenvalue weighted by Crippen LogP contribution is -2.38. The molecule has 0 bridgehead atoms. The molecule has 0 aliphatic heterocycles. The van der Waals surface area contributed by atoms with Crippen molar-refractivity contribution in [2.45, 2.75) is 33.0 Å². The topological polar surface area (TPSA) is 67.1 Å². The molecule has 1 unspecified atom stereocenters. The smallest absolute Gasteiger partial charge is 0.191 e. The molecular formula is C15H21Cl2IN6. The summed E-state index contributed by atoms with van der Waals surface area (Å²) in [6, 6.07) is 5.44. The number of nitrogens with zero attached hydrogens (tertiary/aromatic N) is 4. The Labute approximate surface area is 169 Å². The van der Waals surface area contributed by atoms with E-state index >= 15 is 0 Å². The lowest BCUT2D eigenvalue weighted by molar-refractivity contribution is 0.649. The average Bonchev–Trinajstić information content (AvgIpc) is 2.98. The van der Waals surface area contributed by atoms with Crippen molar-refractivity contribution >= 4 is 53.1 Å². The third-order valence-corrected chi connectivity index (χ3v) is 4.02. The maximum Gasteiger partial charge on any atom is 0.191 e. The molecule has 1 atom stereocenters. The molecule has 2 aromatic rings. The number of hydrogen-bond acceptors (Lipinski definition) is 3. The van der Waals surface area contributed by atoms with E-state index in [-0.39, 0.29) is 30.0 Å². The molecule has 0 saturated carbocycles. The molecular weight excluding hydrogens is 462 g/mol. The molecule has 24 heavy (non-hydrogen) atoms. The second kappa shape index (κ2) is 10.0. The fourth-order valence-electron chi connectivity index (χ4n) is 2.17. The summed E-state index contributed by atoms with van der Waals surface area (Å²) in [5.41, 5.74) is 0.954. The van der Waals surface area contributed by atoms with Crippen LogP contribution in [0.15, 0.2) is 29.5 Å². The molecule has 0 fully saturated rings. The molecule has 2 rings (SSSR count). The van der Waals surface area contributed by atoms with Crippen LogP contribution in [0.5, 0.6) is 0 Å². The minimum atomic E-state index is -0.0185. The zero-order valence-corrected chi connectivity index (χ0v) is 17.6. The van der Waals surface area contributed by atoms with Gasteiger partial charge in [0.25, 0.3) is 0 Å². The molecule has 1 heterocycles. The van der Waals surface area contributed by atoms with Gasteiger partial charge in [0, 0.05) is 23.6 Å². The first-order valence-corrected chi connectivity index (χ1v) is 8.09. The highest BCUT2D eigenvalue weighted by molar-refractivity contribution is 14.0. The van der Waals surface area contributed by atoms with Gasteiger partial charge in [-0.05, 0) is 31.5 Å². The summed E-state index contributed by atoms with van der Waals surface area (Å²) in [6.07, 6.45) is 1.71. The highest BCUT2D eigenvalue weighted by atomic mass is 127. The first-order valence-electron chi connectivity index (χ1n) is 7.34. The van der Waals surface area contributed by atoms with E-state index in [0.717, 1.165) is 17.9 Å². The molecule has 132 valence electrons. The predicted octanol–water partition coefficient (Wildman–Crippen LogP) is 3.65. The van der Waals surface area contributed by atoms with E-state index in [9.17, 15) is 0 Å². The van der Waals surface area contributed by atoms with Gasteiger partial charge in [0.05, 0.1) is 12.6 Å². The van der Waals surface area contributed by atoms with E-state index in [4.69, 9.17) is 23.2 Å². The monoisotopic (exact) mass is 482 g/mol. The van der Waals surface area contributed by atoms with E-state index in [1.54, 1.807) is 19.4 Å². The van der Waals surface area contributed by atoms with E-state index < -0.39 is 0 Å². The number of aromatic nitrogens is 3. The third-order valence-electron chi connectivity index (χ3n) is 3.46. The lowest BCUT2D eigenvalue weighted by atomic mass is 10.1. The van der Waals surface area contributed by atoms with Crippen LogP contribution >= 0.6 is 47.2 Å². The molecule has 0 radical (unpaired) electrons. The first kappa shape index (κ1) is 21.0. The standard InChI is InChI=1S/C15H20Cl2N6.HI/c1-4-23-9-20-22-14(23)8-19-15(18-3)21-10(2)12-6-5-11(16)7-13(12)17;/h5-7,9-10H,4,8H2,1-3H3,(H2,18,19,21);1H. The molecule has 1 aromatic heterocycles. The van der Waals surface area contributed by atoms with Crippen molar-refractivity contribution in [1.29, 1.82) is 0 Å². The van der Waals surface area contributed by atoms with Gasteiger partial charge in [-0.3, -0.25) is 4.99 Å². The van der Waals surface area contributed by atoms with E-state index in [2.05, 4.69) is 25.8 Å². The molecule has 9 heteroatoms. The van der Waals surface area contributed by atoms with Crippen LogP contribution in [0.2, 0.25) is 10.0 Å². The predicted molar refractivity (Wildman–Crippen MR) is 109 cm³/mol. The zero-order chi connectivity index (χ0) is 16.8. The molecule has 0 amide bonds. The molecule has 6 nitrogen and oxygen atoms in total. The molecule has 2 N–H and O–H groups in total. The summed E-state index contributed by atoms with van der Waals surface area (Å²) >= 11 is 12.2. The second-order valence-corrected chi connectivity index (χ2v) is 5.83. The summed E-state index contributed by atoms with van der Waals surface area (Å²) in [5.74, 6) is 1.52. The molecule has 0 spiro atoms. The van der Waals surface area contributed by atoms with Crippen LogP contribution in [-0.4, -0.2) is 27.8 Å². The van der Waals surface area contributed by atoms with Crippen molar-refractivity contribution in [2.75, 3.05) is 7.05 Å². The van der Waals surface area contributed by atoms with E-state index in [0.29, 0.717) is 22.5 Å². The lowest BCUT2D eigenvalue weighted by Gasteiger charge is -2.19. The van der Waals surface area contributed by atoms with Crippen molar-refractivity contribution in [2.24, 2.45) is 4.99 Å². The van der Waals surface area contributed by atoms with Gasteiger partial charge in [-0.1, -0.05) is 29.3 Å². The summed E-state index contributed by atoms with van der Waals surface area (Å²) in [5, 5.41) is 15.8. The van der Waals surface area contributed by atoms with Gasteiger partial charge in [-0.25, -0.2) is 0 Å². The normalized spacial score (nSPS) is 12.5. The Hall–Kier alpha value is -1.06. The van der Waals surface area contributed by atoms with Crippen LogP contribution in [0.1, 0.15) is 31.3 Å². The van der Waals surface area contributed by atoms with Gasteiger partial charge in [0.2, 0.25) is 0 Å². The van der Waals surface area contributed by atoms with E-state index in [1.165, 1.54) is 0 Å². The van der Waals surface area contributed by atoms with Gasteiger partial charge in [-0.2, -0.15) is 0 Å². The Morgan fingerprint density at radius 1 is 1.38 bits per heavy atom. The SMILES string of the molecule is CCn1cnnc1CNC(=NC)NC(C)c1ccc(Cl)cc1Cl.I. The molecule has 0 aliphatic rings. The van der Waals surface area contributed by atoms with Crippen molar-refractivity contribution < 1.29 is 0 Å². The highest BCUT2D eigenvalue weighted by Gasteiger charge is 2.12. The van der Waals surface area contributed by atoms with Crippen molar-refractivity contribution in [3.05, 3.63) is 46.0 Å². The van der Waals surface area contributed by atoms with Crippen LogP contribution in [0.25, 0.3) is 0 Å². The van der Waals surface area contributed by atoms with Gasteiger partial charge >= 0.3 is 0 Å². The Morgan fingerprint density at radius 2 is 2.12 bits per heavy atom. The van der Waals surface area contributed by atoms with Gasteiger partial charge in [0.15, 0.2) is 11.8 Å². The number of benzene rings is 1. The number of aryl methyl sites for hydroxylation is 1. The minimum Gasteiger partial charge on any atom is -0.350 e. The summed E-state index contributed by atoms with van der Waals surface area (Å²) in [4.78, 5) is 4.22. The maximum absolute atomic E-state index is 6.24. The zero-order valence-electron chi connectivity index (χ0n) is 13.8. The molecule has 0 aliphatic carbocycles. The van der Waals surface area contributed by atoms with Crippen LogP contribution in [0.4, 0.5) is 0 Å². The van der Waals surface area contributed by atoms with Crippen LogP contribution < -0.4 is 10.6 Å². The van der Waals surface area contributed by atoms with Gasteiger partial charge in [-0.15, -0.1) is 34.2 Å². The molecule has 0 saturated heterocycles. The Morgan fingerprint density at radius 3 is 2.75 bits per heavy atom. The Kier molecular flexibility index (Phi) is 8.79. The van der Waals surface area contributed by atoms with Gasteiger partial charge in [0.1, 0.15) is 6.33 Å².